The van der Waals surface area contributed by atoms with Crippen LogP contribution >= 0.6 is 0 Å². The summed E-state index contributed by atoms with van der Waals surface area (Å²) in [7, 11) is 1.73. The van der Waals surface area contributed by atoms with Crippen LogP contribution in [0, 0.1) is 5.92 Å². The Bertz CT molecular complexity index is 376. The SMILES string of the molecule is COC1=CC2=CCCC3CCC(=C23)CN1. The third kappa shape index (κ3) is 1.39. The molecular weight excluding hydrogens is 186 g/mol. The predicted molar refractivity (Wildman–Crippen MR) is 60.2 cm³/mol. The summed E-state index contributed by atoms with van der Waals surface area (Å²) in [5.74, 6) is 1.74. The zero-order valence-corrected chi connectivity index (χ0v) is 9.18. The van der Waals surface area contributed by atoms with Gasteiger partial charge in [-0.2, -0.15) is 0 Å². The Labute approximate surface area is 90.7 Å². The van der Waals surface area contributed by atoms with Crippen molar-refractivity contribution in [3.63, 3.8) is 0 Å². The summed E-state index contributed by atoms with van der Waals surface area (Å²) in [6, 6.07) is 0. The molecule has 80 valence electrons. The van der Waals surface area contributed by atoms with Gasteiger partial charge in [0.05, 0.1) is 7.11 Å². The highest BCUT2D eigenvalue weighted by molar-refractivity contribution is 5.50. The third-order valence-electron chi connectivity index (χ3n) is 3.76. The fourth-order valence-electron chi connectivity index (χ4n) is 3.03. The summed E-state index contributed by atoms with van der Waals surface area (Å²) in [6.45, 7) is 0.975. The van der Waals surface area contributed by atoms with Gasteiger partial charge in [-0.3, -0.25) is 0 Å². The number of ether oxygens (including phenoxy) is 1. The molecule has 3 aliphatic rings. The Morgan fingerprint density at radius 3 is 3.20 bits per heavy atom. The fraction of sp³-hybridized carbons (Fsp3) is 0.538. The van der Waals surface area contributed by atoms with Crippen molar-refractivity contribution in [1.82, 2.24) is 5.32 Å². The van der Waals surface area contributed by atoms with Crippen molar-refractivity contribution in [2.45, 2.75) is 25.7 Å². The van der Waals surface area contributed by atoms with Crippen LogP contribution in [0.1, 0.15) is 25.7 Å². The smallest absolute Gasteiger partial charge is 0.187 e. The molecule has 0 aromatic carbocycles. The zero-order chi connectivity index (χ0) is 10.3. The van der Waals surface area contributed by atoms with Crippen molar-refractivity contribution in [2.75, 3.05) is 13.7 Å². The summed E-state index contributed by atoms with van der Waals surface area (Å²) in [4.78, 5) is 0. The maximum Gasteiger partial charge on any atom is 0.187 e. The van der Waals surface area contributed by atoms with Gasteiger partial charge in [0.25, 0.3) is 0 Å². The zero-order valence-electron chi connectivity index (χ0n) is 9.18. The van der Waals surface area contributed by atoms with E-state index in [-0.39, 0.29) is 0 Å². The van der Waals surface area contributed by atoms with Crippen molar-refractivity contribution in [3.8, 4) is 0 Å². The second-order valence-corrected chi connectivity index (χ2v) is 4.56. The van der Waals surface area contributed by atoms with Crippen LogP contribution < -0.4 is 5.32 Å². The average Bonchev–Trinajstić information content (AvgIpc) is 2.58. The first-order valence-electron chi connectivity index (χ1n) is 5.80. The average molecular weight is 203 g/mol. The topological polar surface area (TPSA) is 21.3 Å². The number of nitrogens with one attached hydrogen (secondary N) is 1. The molecule has 0 aromatic rings. The van der Waals surface area contributed by atoms with Gasteiger partial charge in [0.15, 0.2) is 5.88 Å². The van der Waals surface area contributed by atoms with Gasteiger partial charge in [-0.1, -0.05) is 6.08 Å². The van der Waals surface area contributed by atoms with Crippen LogP contribution in [0.15, 0.2) is 34.8 Å². The van der Waals surface area contributed by atoms with Gasteiger partial charge >= 0.3 is 0 Å². The molecule has 3 rings (SSSR count). The van der Waals surface area contributed by atoms with Crippen LogP contribution in [0.3, 0.4) is 0 Å². The number of methoxy groups -OCH3 is 1. The van der Waals surface area contributed by atoms with Crippen molar-refractivity contribution in [1.29, 1.82) is 0 Å². The summed E-state index contributed by atoms with van der Waals surface area (Å²) in [6.07, 6.45) is 9.74. The normalized spacial score (nSPS) is 28.7. The van der Waals surface area contributed by atoms with Gasteiger partial charge in [0, 0.05) is 12.6 Å². The summed E-state index contributed by atoms with van der Waals surface area (Å²) >= 11 is 0. The van der Waals surface area contributed by atoms with E-state index in [0.717, 1.165) is 18.3 Å². The van der Waals surface area contributed by atoms with Gasteiger partial charge in [-0.25, -0.2) is 0 Å². The fourth-order valence-corrected chi connectivity index (χ4v) is 3.03. The summed E-state index contributed by atoms with van der Waals surface area (Å²) in [5, 5.41) is 3.36. The minimum atomic E-state index is 0.828. The van der Waals surface area contributed by atoms with E-state index in [0.29, 0.717) is 0 Å². The van der Waals surface area contributed by atoms with Gasteiger partial charge in [-0.15, -0.1) is 0 Å². The molecule has 2 nitrogen and oxygen atoms in total. The highest BCUT2D eigenvalue weighted by atomic mass is 16.5. The van der Waals surface area contributed by atoms with E-state index in [1.54, 1.807) is 18.3 Å². The lowest BCUT2D eigenvalue weighted by Crippen LogP contribution is -2.16. The van der Waals surface area contributed by atoms with Crippen molar-refractivity contribution < 1.29 is 4.74 Å². The van der Waals surface area contributed by atoms with Crippen LogP contribution in [-0.4, -0.2) is 13.7 Å². The van der Waals surface area contributed by atoms with E-state index in [2.05, 4.69) is 17.5 Å². The number of hydrogen-bond donors (Lipinski definition) is 1. The molecule has 0 bridgehead atoms. The summed E-state index contributed by atoms with van der Waals surface area (Å²) < 4.78 is 5.31. The minimum Gasteiger partial charge on any atom is -0.482 e. The van der Waals surface area contributed by atoms with Crippen molar-refractivity contribution in [2.24, 2.45) is 5.92 Å². The van der Waals surface area contributed by atoms with Gasteiger partial charge in [-0.05, 0) is 48.3 Å². The molecule has 1 heterocycles. The molecule has 0 saturated heterocycles. The highest BCUT2D eigenvalue weighted by Gasteiger charge is 2.30. The Morgan fingerprint density at radius 1 is 1.40 bits per heavy atom. The molecule has 0 fully saturated rings. The van der Waals surface area contributed by atoms with E-state index in [1.807, 2.05) is 0 Å². The quantitative estimate of drug-likeness (QED) is 0.707. The number of allylic oxidation sites excluding steroid dienone is 4. The Kier molecular flexibility index (Phi) is 2.08. The molecule has 2 heteroatoms. The standard InChI is InChI=1S/C13H17NO/c1-15-12-7-10-4-2-3-9-5-6-11(8-14-12)13(9)10/h4,7,9,14H,2-3,5-6,8H2,1H3. The maximum atomic E-state index is 5.31. The van der Waals surface area contributed by atoms with E-state index in [1.165, 1.54) is 31.3 Å². The maximum absolute atomic E-state index is 5.31. The molecule has 2 aliphatic carbocycles. The predicted octanol–water partition coefficient (Wildman–Crippen LogP) is 2.50. The first-order chi connectivity index (χ1) is 7.38. The lowest BCUT2D eigenvalue weighted by Gasteiger charge is -2.20. The molecule has 0 spiro atoms. The van der Waals surface area contributed by atoms with Crippen LogP contribution in [0.25, 0.3) is 0 Å². The van der Waals surface area contributed by atoms with E-state index in [4.69, 9.17) is 4.74 Å². The molecule has 0 aromatic heterocycles. The first-order valence-corrected chi connectivity index (χ1v) is 5.80. The molecule has 0 amide bonds. The van der Waals surface area contributed by atoms with E-state index >= 15 is 0 Å². The van der Waals surface area contributed by atoms with E-state index in [9.17, 15) is 0 Å². The highest BCUT2D eigenvalue weighted by Crippen LogP contribution is 2.43. The Hall–Kier alpha value is -1.18. The second-order valence-electron chi connectivity index (χ2n) is 4.56. The minimum absolute atomic E-state index is 0.828. The van der Waals surface area contributed by atoms with Gasteiger partial charge in [0.2, 0.25) is 0 Å². The molecule has 0 saturated carbocycles. The van der Waals surface area contributed by atoms with Crippen LogP contribution in [0.5, 0.6) is 0 Å². The molecule has 1 unspecified atom stereocenters. The molecular formula is C13H17NO. The van der Waals surface area contributed by atoms with Crippen LogP contribution in [0.4, 0.5) is 0 Å². The van der Waals surface area contributed by atoms with Gasteiger partial charge < -0.3 is 10.1 Å². The van der Waals surface area contributed by atoms with Gasteiger partial charge in [0.1, 0.15) is 0 Å². The molecule has 1 atom stereocenters. The summed E-state index contributed by atoms with van der Waals surface area (Å²) in [5.41, 5.74) is 4.65. The molecule has 1 aliphatic heterocycles. The third-order valence-corrected chi connectivity index (χ3v) is 3.76. The molecule has 0 radical (unpaired) electrons. The largest absolute Gasteiger partial charge is 0.482 e. The number of rotatable bonds is 1. The lowest BCUT2D eigenvalue weighted by molar-refractivity contribution is 0.264. The van der Waals surface area contributed by atoms with Crippen molar-refractivity contribution >= 4 is 0 Å². The van der Waals surface area contributed by atoms with Crippen molar-refractivity contribution in [3.05, 3.63) is 34.8 Å². The number of hydrogen-bond acceptors (Lipinski definition) is 2. The monoisotopic (exact) mass is 203 g/mol. The second kappa shape index (κ2) is 3.44. The first kappa shape index (κ1) is 9.08. The van der Waals surface area contributed by atoms with Crippen LogP contribution in [-0.2, 0) is 4.74 Å². The Morgan fingerprint density at radius 2 is 2.33 bits per heavy atom. The lowest BCUT2D eigenvalue weighted by atomic mass is 9.84. The Balaban J connectivity index is 2.04. The molecule has 1 N–H and O–H groups in total. The van der Waals surface area contributed by atoms with E-state index < -0.39 is 0 Å². The molecule has 15 heavy (non-hydrogen) atoms. The van der Waals surface area contributed by atoms with Crippen LogP contribution in [0.2, 0.25) is 0 Å².